The number of cyclic esters (lactones) is 1. The Labute approximate surface area is 72.5 Å². The van der Waals surface area contributed by atoms with Gasteiger partial charge in [-0.05, 0) is 13.8 Å². The quantitative estimate of drug-likeness (QED) is 0.591. The predicted octanol–water partition coefficient (Wildman–Crippen LogP) is 1.01. The minimum absolute atomic E-state index is 0.762. The van der Waals surface area contributed by atoms with Crippen LogP contribution >= 0.6 is 0 Å². The van der Waals surface area contributed by atoms with Crippen molar-refractivity contribution < 1.29 is 27.8 Å². The molecule has 0 aliphatic carbocycles. The van der Waals surface area contributed by atoms with E-state index in [1.54, 1.807) is 0 Å². The van der Waals surface area contributed by atoms with Gasteiger partial charge in [-0.2, -0.15) is 13.2 Å². The van der Waals surface area contributed by atoms with Gasteiger partial charge in [0.25, 0.3) is 5.60 Å². The number of aliphatic hydroxyl groups is 1. The van der Waals surface area contributed by atoms with E-state index in [0.29, 0.717) is 0 Å². The van der Waals surface area contributed by atoms with Gasteiger partial charge in [-0.3, -0.25) is 0 Å². The lowest BCUT2D eigenvalue weighted by molar-refractivity contribution is -0.250. The standard InChI is InChI=1S/C7H9F3O3/c1-5(2)3-6(12,4(11)13-5)7(8,9)10/h12H,3H2,1-2H3/t6-/m0/s1. The first-order chi connectivity index (χ1) is 5.58. The molecule has 1 aliphatic rings. The second-order valence-electron chi connectivity index (χ2n) is 3.68. The monoisotopic (exact) mass is 198 g/mol. The molecule has 0 saturated carbocycles. The Morgan fingerprint density at radius 1 is 1.46 bits per heavy atom. The van der Waals surface area contributed by atoms with Crippen LogP contribution in [0.5, 0.6) is 0 Å². The van der Waals surface area contributed by atoms with Crippen LogP contribution in [0.3, 0.4) is 0 Å². The van der Waals surface area contributed by atoms with Crippen molar-refractivity contribution in [2.45, 2.75) is 37.6 Å². The normalized spacial score (nSPS) is 33.2. The molecule has 0 radical (unpaired) electrons. The number of halogens is 3. The summed E-state index contributed by atoms with van der Waals surface area (Å²) >= 11 is 0. The molecule has 0 unspecified atom stereocenters. The molecule has 1 heterocycles. The van der Waals surface area contributed by atoms with E-state index in [9.17, 15) is 18.0 Å². The molecule has 3 nitrogen and oxygen atoms in total. The van der Waals surface area contributed by atoms with Crippen LogP contribution in [0.2, 0.25) is 0 Å². The molecule has 1 rings (SSSR count). The third-order valence-electron chi connectivity index (χ3n) is 1.86. The fourth-order valence-corrected chi connectivity index (χ4v) is 1.28. The Morgan fingerprint density at radius 2 is 1.92 bits per heavy atom. The van der Waals surface area contributed by atoms with E-state index in [0.717, 1.165) is 0 Å². The van der Waals surface area contributed by atoms with Gasteiger partial charge in [-0.25, -0.2) is 4.79 Å². The van der Waals surface area contributed by atoms with Crippen LogP contribution in [0.25, 0.3) is 0 Å². The number of hydrogen-bond donors (Lipinski definition) is 1. The number of carbonyl (C=O) groups is 1. The third-order valence-corrected chi connectivity index (χ3v) is 1.86. The predicted molar refractivity (Wildman–Crippen MR) is 35.8 cm³/mol. The summed E-state index contributed by atoms with van der Waals surface area (Å²) < 4.78 is 40.9. The van der Waals surface area contributed by atoms with E-state index in [4.69, 9.17) is 5.11 Å². The molecule has 0 amide bonds. The van der Waals surface area contributed by atoms with Gasteiger partial charge < -0.3 is 9.84 Å². The van der Waals surface area contributed by atoms with Crippen molar-refractivity contribution in [3.8, 4) is 0 Å². The Morgan fingerprint density at radius 3 is 2.08 bits per heavy atom. The highest BCUT2D eigenvalue weighted by Gasteiger charge is 2.67. The number of hydrogen-bond acceptors (Lipinski definition) is 3. The van der Waals surface area contributed by atoms with Crippen molar-refractivity contribution in [1.29, 1.82) is 0 Å². The Bertz CT molecular complexity index is 246. The highest BCUT2D eigenvalue weighted by molar-refractivity contribution is 5.83. The second-order valence-corrected chi connectivity index (χ2v) is 3.68. The lowest BCUT2D eigenvalue weighted by Gasteiger charge is -2.21. The topological polar surface area (TPSA) is 46.5 Å². The first-order valence-electron chi connectivity index (χ1n) is 3.61. The van der Waals surface area contributed by atoms with Crippen molar-refractivity contribution in [2.75, 3.05) is 0 Å². The highest BCUT2D eigenvalue weighted by Crippen LogP contribution is 2.43. The number of rotatable bonds is 0. The molecule has 1 fully saturated rings. The number of esters is 1. The van der Waals surface area contributed by atoms with Gasteiger partial charge in [0, 0.05) is 6.42 Å². The van der Waals surface area contributed by atoms with Gasteiger partial charge in [0.15, 0.2) is 0 Å². The maximum Gasteiger partial charge on any atom is 0.428 e. The van der Waals surface area contributed by atoms with E-state index in [1.165, 1.54) is 13.8 Å². The fraction of sp³-hybridized carbons (Fsp3) is 0.857. The molecule has 0 spiro atoms. The first-order valence-corrected chi connectivity index (χ1v) is 3.61. The molecule has 1 saturated heterocycles. The van der Waals surface area contributed by atoms with Crippen LogP contribution in [0.4, 0.5) is 13.2 Å². The van der Waals surface area contributed by atoms with Gasteiger partial charge in [-0.1, -0.05) is 0 Å². The number of alkyl halides is 3. The first kappa shape index (κ1) is 10.3. The fourth-order valence-electron chi connectivity index (χ4n) is 1.28. The summed E-state index contributed by atoms with van der Waals surface area (Å²) in [7, 11) is 0. The number of ether oxygens (including phenoxy) is 1. The SMILES string of the molecule is CC1(C)C[C@@](O)(C(F)(F)F)C(=O)O1. The van der Waals surface area contributed by atoms with Gasteiger partial charge >= 0.3 is 12.1 Å². The van der Waals surface area contributed by atoms with E-state index < -0.39 is 29.8 Å². The highest BCUT2D eigenvalue weighted by atomic mass is 19.4. The van der Waals surface area contributed by atoms with Crippen LogP contribution in [0, 0.1) is 0 Å². The van der Waals surface area contributed by atoms with E-state index in [-0.39, 0.29) is 0 Å². The van der Waals surface area contributed by atoms with Crippen LogP contribution in [-0.2, 0) is 9.53 Å². The van der Waals surface area contributed by atoms with Crippen molar-refractivity contribution >= 4 is 5.97 Å². The zero-order valence-corrected chi connectivity index (χ0v) is 7.10. The summed E-state index contributed by atoms with van der Waals surface area (Å²) in [4.78, 5) is 10.8. The molecule has 0 aromatic heterocycles. The van der Waals surface area contributed by atoms with E-state index >= 15 is 0 Å². The minimum atomic E-state index is -4.97. The van der Waals surface area contributed by atoms with Crippen molar-refractivity contribution in [3.63, 3.8) is 0 Å². The molecule has 1 atom stereocenters. The van der Waals surface area contributed by atoms with Crippen LogP contribution in [-0.4, -0.2) is 28.5 Å². The average Bonchev–Trinajstić information content (AvgIpc) is 2.00. The zero-order chi connectivity index (χ0) is 10.5. The Hall–Kier alpha value is -0.780. The van der Waals surface area contributed by atoms with Gasteiger partial charge in [0.1, 0.15) is 5.60 Å². The molecule has 0 aromatic rings. The van der Waals surface area contributed by atoms with Crippen LogP contribution < -0.4 is 0 Å². The molecule has 0 bridgehead atoms. The Kier molecular flexibility index (Phi) is 1.88. The van der Waals surface area contributed by atoms with Crippen LogP contribution in [0.15, 0.2) is 0 Å². The molecular formula is C7H9F3O3. The molecule has 13 heavy (non-hydrogen) atoms. The van der Waals surface area contributed by atoms with Gasteiger partial charge in [0.2, 0.25) is 0 Å². The lowest BCUT2D eigenvalue weighted by atomic mass is 9.93. The Balaban J connectivity index is 3.01. The molecule has 1 N–H and O–H groups in total. The zero-order valence-electron chi connectivity index (χ0n) is 7.10. The van der Waals surface area contributed by atoms with Crippen molar-refractivity contribution in [3.05, 3.63) is 0 Å². The summed E-state index contributed by atoms with van der Waals surface area (Å²) in [5, 5.41) is 9.03. The largest absolute Gasteiger partial charge is 0.457 e. The van der Waals surface area contributed by atoms with Crippen LogP contribution in [0.1, 0.15) is 20.3 Å². The molecular weight excluding hydrogens is 189 g/mol. The summed E-state index contributed by atoms with van der Waals surface area (Å²) in [5.41, 5.74) is -4.60. The molecule has 76 valence electrons. The summed E-state index contributed by atoms with van der Waals surface area (Å²) in [6.45, 7) is 2.63. The van der Waals surface area contributed by atoms with Crippen molar-refractivity contribution in [1.82, 2.24) is 0 Å². The molecule has 1 aliphatic heterocycles. The maximum atomic E-state index is 12.2. The van der Waals surface area contributed by atoms with E-state index in [1.807, 2.05) is 0 Å². The summed E-state index contributed by atoms with van der Waals surface area (Å²) in [6.07, 6.45) is -5.74. The smallest absolute Gasteiger partial charge is 0.428 e. The lowest BCUT2D eigenvalue weighted by Crippen LogP contribution is -2.49. The second kappa shape index (κ2) is 2.37. The average molecular weight is 198 g/mol. The maximum absolute atomic E-state index is 12.2. The molecule has 6 heteroatoms. The van der Waals surface area contributed by atoms with E-state index in [2.05, 4.69) is 4.74 Å². The summed E-state index contributed by atoms with van der Waals surface area (Å²) in [6, 6.07) is 0. The van der Waals surface area contributed by atoms with Crippen molar-refractivity contribution in [2.24, 2.45) is 0 Å². The number of carbonyl (C=O) groups excluding carboxylic acids is 1. The summed E-state index contributed by atoms with van der Waals surface area (Å²) in [5.74, 6) is -1.62. The third kappa shape index (κ3) is 1.50. The minimum Gasteiger partial charge on any atom is -0.457 e. The van der Waals surface area contributed by atoms with Gasteiger partial charge in [0.05, 0.1) is 0 Å². The molecule has 0 aromatic carbocycles. The van der Waals surface area contributed by atoms with Gasteiger partial charge in [-0.15, -0.1) is 0 Å².